The standard InChI is InChI=1S/C14H13FO.C7H6ClF.C6H7NO/c1-11-5-7-14(8-6-11)16-10-12-3-2-4-13(15)9-12;8-5-6-2-1-3-7(9)4-6;7-5-1-3-6(8)4-2-5/h2-9H,10H2,1H3;1-4H,5H2;1-4,8H,7H2. The molecule has 0 aromatic heterocycles. The number of ether oxygens (including phenoxy) is 1. The molecule has 3 N–H and O–H groups in total. The fraction of sp³-hybridized carbons (Fsp3) is 0.111. The van der Waals surface area contributed by atoms with Crippen LogP contribution in [0.4, 0.5) is 14.5 Å². The second-order valence-corrected chi connectivity index (χ2v) is 7.35. The number of nitrogens with two attached hydrogens (primary N) is 1. The van der Waals surface area contributed by atoms with Crippen molar-refractivity contribution in [3.8, 4) is 11.5 Å². The Bertz CT molecular complexity index is 1080. The zero-order chi connectivity index (χ0) is 24.1. The first-order chi connectivity index (χ1) is 15.9. The molecule has 0 saturated heterocycles. The van der Waals surface area contributed by atoms with E-state index in [2.05, 4.69) is 0 Å². The van der Waals surface area contributed by atoms with E-state index in [1.165, 1.54) is 29.8 Å². The first-order valence-electron chi connectivity index (χ1n) is 10.1. The summed E-state index contributed by atoms with van der Waals surface area (Å²) in [5.74, 6) is 0.963. The van der Waals surface area contributed by atoms with Gasteiger partial charge in [-0.25, -0.2) is 8.78 Å². The maximum Gasteiger partial charge on any atom is 0.123 e. The van der Waals surface area contributed by atoms with Crippen LogP contribution in [0.25, 0.3) is 0 Å². The van der Waals surface area contributed by atoms with Gasteiger partial charge in [0.05, 0.1) is 0 Å². The van der Waals surface area contributed by atoms with Gasteiger partial charge in [0.1, 0.15) is 29.7 Å². The number of halogens is 3. The molecule has 0 aliphatic carbocycles. The minimum atomic E-state index is -0.231. The number of phenolic OH excluding ortho intramolecular Hbond substituents is 1. The van der Waals surface area contributed by atoms with Crippen LogP contribution >= 0.6 is 11.6 Å². The van der Waals surface area contributed by atoms with E-state index in [0.29, 0.717) is 18.2 Å². The third-order valence-corrected chi connectivity index (χ3v) is 4.56. The molecule has 4 aromatic carbocycles. The highest BCUT2D eigenvalue weighted by Crippen LogP contribution is 2.14. The van der Waals surface area contributed by atoms with Gasteiger partial charge in [0.15, 0.2) is 0 Å². The highest BCUT2D eigenvalue weighted by Gasteiger charge is 1.97. The summed E-state index contributed by atoms with van der Waals surface area (Å²) >= 11 is 5.43. The first-order valence-corrected chi connectivity index (χ1v) is 10.7. The van der Waals surface area contributed by atoms with E-state index in [-0.39, 0.29) is 17.4 Å². The van der Waals surface area contributed by atoms with Crippen molar-refractivity contribution in [3.05, 3.63) is 125 Å². The number of hydrogen-bond acceptors (Lipinski definition) is 3. The summed E-state index contributed by atoms with van der Waals surface area (Å²) in [6, 6.07) is 26.9. The number of rotatable bonds is 4. The van der Waals surface area contributed by atoms with Gasteiger partial charge in [-0.1, -0.05) is 42.0 Å². The van der Waals surface area contributed by atoms with E-state index in [4.69, 9.17) is 27.2 Å². The number of aryl methyl sites for hydroxylation is 1. The molecular weight excluding hydrogens is 444 g/mol. The zero-order valence-electron chi connectivity index (χ0n) is 18.2. The molecule has 0 unspecified atom stereocenters. The van der Waals surface area contributed by atoms with E-state index in [9.17, 15) is 8.78 Å². The SMILES string of the molecule is Cc1ccc(OCc2cccc(F)c2)cc1.Fc1cccc(CCl)c1.Nc1ccc(O)cc1. The summed E-state index contributed by atoms with van der Waals surface area (Å²) < 4.78 is 30.7. The highest BCUT2D eigenvalue weighted by molar-refractivity contribution is 6.17. The Morgan fingerprint density at radius 2 is 1.33 bits per heavy atom. The zero-order valence-corrected chi connectivity index (χ0v) is 19.0. The summed E-state index contributed by atoms with van der Waals surface area (Å²) in [5, 5.41) is 8.70. The maximum absolute atomic E-state index is 12.9. The summed E-state index contributed by atoms with van der Waals surface area (Å²) in [4.78, 5) is 0. The Balaban J connectivity index is 0.000000192. The molecule has 0 spiro atoms. The normalized spacial score (nSPS) is 9.70. The second-order valence-electron chi connectivity index (χ2n) is 7.09. The minimum absolute atomic E-state index is 0.229. The molecule has 0 bridgehead atoms. The number of hydrogen-bond donors (Lipinski definition) is 2. The molecule has 172 valence electrons. The molecule has 33 heavy (non-hydrogen) atoms. The summed E-state index contributed by atoms with van der Waals surface area (Å²) in [5.41, 5.74) is 8.83. The Hall–Kier alpha value is -3.57. The third-order valence-electron chi connectivity index (χ3n) is 4.25. The monoisotopic (exact) mass is 469 g/mol. The van der Waals surface area contributed by atoms with Crippen LogP contribution in [0.15, 0.2) is 97.1 Å². The van der Waals surface area contributed by atoms with E-state index < -0.39 is 0 Å². The Kier molecular flexibility index (Phi) is 10.7. The van der Waals surface area contributed by atoms with Crippen LogP contribution in [-0.2, 0) is 12.5 Å². The minimum Gasteiger partial charge on any atom is -0.508 e. The van der Waals surface area contributed by atoms with Gasteiger partial charge in [-0.3, -0.25) is 0 Å². The van der Waals surface area contributed by atoms with Gasteiger partial charge < -0.3 is 15.6 Å². The van der Waals surface area contributed by atoms with Crippen LogP contribution in [0.1, 0.15) is 16.7 Å². The van der Waals surface area contributed by atoms with Gasteiger partial charge in [-0.2, -0.15) is 0 Å². The van der Waals surface area contributed by atoms with Crippen LogP contribution in [0.2, 0.25) is 0 Å². The van der Waals surface area contributed by atoms with E-state index in [1.807, 2.05) is 37.3 Å². The smallest absolute Gasteiger partial charge is 0.123 e. The fourth-order valence-corrected chi connectivity index (χ4v) is 2.69. The molecule has 3 nitrogen and oxygen atoms in total. The molecular formula is C27H26ClF2NO2. The van der Waals surface area contributed by atoms with Gasteiger partial charge >= 0.3 is 0 Å². The number of aromatic hydroxyl groups is 1. The predicted molar refractivity (Wildman–Crippen MR) is 130 cm³/mol. The molecule has 0 radical (unpaired) electrons. The summed E-state index contributed by atoms with van der Waals surface area (Å²) in [6.45, 7) is 2.41. The Morgan fingerprint density at radius 3 is 1.82 bits per heavy atom. The van der Waals surface area contributed by atoms with Gasteiger partial charge in [0.25, 0.3) is 0 Å². The van der Waals surface area contributed by atoms with Crippen molar-refractivity contribution in [1.82, 2.24) is 0 Å². The average molecular weight is 470 g/mol. The van der Waals surface area contributed by atoms with E-state index in [0.717, 1.165) is 16.9 Å². The van der Waals surface area contributed by atoms with Crippen molar-refractivity contribution in [2.75, 3.05) is 5.73 Å². The maximum atomic E-state index is 12.9. The Morgan fingerprint density at radius 1 is 0.788 bits per heavy atom. The molecule has 0 heterocycles. The lowest BCUT2D eigenvalue weighted by Crippen LogP contribution is -1.95. The lowest BCUT2D eigenvalue weighted by Gasteiger charge is -2.06. The number of alkyl halides is 1. The van der Waals surface area contributed by atoms with Crippen molar-refractivity contribution < 1.29 is 18.6 Å². The quantitative estimate of drug-likeness (QED) is 0.188. The van der Waals surface area contributed by atoms with Crippen LogP contribution in [0.5, 0.6) is 11.5 Å². The molecule has 0 saturated carbocycles. The third kappa shape index (κ3) is 10.5. The van der Waals surface area contributed by atoms with Crippen LogP contribution < -0.4 is 10.5 Å². The van der Waals surface area contributed by atoms with Gasteiger partial charge in [-0.05, 0) is 78.7 Å². The molecule has 0 amide bonds. The molecule has 0 aliphatic rings. The van der Waals surface area contributed by atoms with Crippen molar-refractivity contribution in [2.24, 2.45) is 0 Å². The largest absolute Gasteiger partial charge is 0.508 e. The average Bonchev–Trinajstić information content (AvgIpc) is 2.81. The Labute approximate surface area is 198 Å². The fourth-order valence-electron chi connectivity index (χ4n) is 2.52. The molecule has 0 fully saturated rings. The highest BCUT2D eigenvalue weighted by atomic mass is 35.5. The number of benzene rings is 4. The number of anilines is 1. The lowest BCUT2D eigenvalue weighted by molar-refractivity contribution is 0.305. The van der Waals surface area contributed by atoms with Crippen LogP contribution in [0, 0.1) is 18.6 Å². The van der Waals surface area contributed by atoms with E-state index >= 15 is 0 Å². The van der Waals surface area contributed by atoms with Crippen molar-refractivity contribution >= 4 is 17.3 Å². The predicted octanol–water partition coefficient (Wildman–Crippen LogP) is 7.25. The molecule has 4 rings (SSSR count). The van der Waals surface area contributed by atoms with Gasteiger partial charge in [0, 0.05) is 11.6 Å². The van der Waals surface area contributed by atoms with Gasteiger partial charge in [-0.15, -0.1) is 11.6 Å². The van der Waals surface area contributed by atoms with Crippen molar-refractivity contribution in [1.29, 1.82) is 0 Å². The van der Waals surface area contributed by atoms with Crippen molar-refractivity contribution in [2.45, 2.75) is 19.4 Å². The molecule has 0 atom stereocenters. The molecule has 6 heteroatoms. The molecule has 0 aliphatic heterocycles. The van der Waals surface area contributed by atoms with E-state index in [1.54, 1.807) is 42.5 Å². The van der Waals surface area contributed by atoms with Gasteiger partial charge in [0.2, 0.25) is 0 Å². The first kappa shape index (κ1) is 25.7. The number of nitrogen functional groups attached to an aromatic ring is 1. The second kappa shape index (κ2) is 13.8. The molecule has 4 aromatic rings. The summed E-state index contributed by atoms with van der Waals surface area (Å²) in [7, 11) is 0. The van der Waals surface area contributed by atoms with Crippen LogP contribution in [-0.4, -0.2) is 5.11 Å². The van der Waals surface area contributed by atoms with Crippen molar-refractivity contribution in [3.63, 3.8) is 0 Å². The number of phenols is 1. The van der Waals surface area contributed by atoms with Crippen LogP contribution in [0.3, 0.4) is 0 Å². The summed E-state index contributed by atoms with van der Waals surface area (Å²) in [6.07, 6.45) is 0. The lowest BCUT2D eigenvalue weighted by atomic mass is 10.2. The topological polar surface area (TPSA) is 55.5 Å².